The van der Waals surface area contributed by atoms with Crippen LogP contribution in [0.3, 0.4) is 0 Å². The van der Waals surface area contributed by atoms with E-state index in [9.17, 15) is 0 Å². The van der Waals surface area contributed by atoms with Gasteiger partial charge in [-0.3, -0.25) is 0 Å². The highest BCUT2D eigenvalue weighted by atomic mass is 14.9. The molecule has 0 spiro atoms. The van der Waals surface area contributed by atoms with Crippen molar-refractivity contribution in [2.45, 2.75) is 0 Å². The molecule has 108 valence electrons. The Morgan fingerprint density at radius 2 is 1.64 bits per heavy atom. The lowest BCUT2D eigenvalue weighted by Crippen LogP contribution is -2.09. The molecule has 4 N–H and O–H groups in total. The molecule has 1 aliphatic rings. The lowest BCUT2D eigenvalue weighted by Gasteiger charge is -2.22. The predicted octanol–water partition coefficient (Wildman–Crippen LogP) is 4.60. The van der Waals surface area contributed by atoms with E-state index in [2.05, 4.69) is 41.0 Å². The average molecular weight is 287 g/mol. The first-order valence-electron chi connectivity index (χ1n) is 7.41. The summed E-state index contributed by atoms with van der Waals surface area (Å²) in [6.45, 7) is 0.835. The highest BCUT2D eigenvalue weighted by Crippen LogP contribution is 2.42. The number of hydrogen-bond donors (Lipinski definition) is 3. The zero-order valence-electron chi connectivity index (χ0n) is 12.1. The van der Waals surface area contributed by atoms with Crippen LogP contribution in [-0.4, -0.2) is 6.54 Å². The second-order valence-electron chi connectivity index (χ2n) is 5.40. The van der Waals surface area contributed by atoms with E-state index in [1.165, 1.54) is 5.39 Å². The minimum absolute atomic E-state index is 0.779. The molecule has 0 fully saturated rings. The molecule has 0 amide bonds. The molecule has 3 aromatic rings. The number of hydrogen-bond acceptors (Lipinski definition) is 3. The van der Waals surface area contributed by atoms with Gasteiger partial charge in [0.05, 0.1) is 17.1 Å². The molecule has 1 aliphatic heterocycles. The van der Waals surface area contributed by atoms with Gasteiger partial charge in [0.1, 0.15) is 0 Å². The van der Waals surface area contributed by atoms with Crippen LogP contribution >= 0.6 is 0 Å². The predicted molar refractivity (Wildman–Crippen MR) is 95.6 cm³/mol. The fraction of sp³-hybridized carbons (Fsp3) is 0.0526. The van der Waals surface area contributed by atoms with E-state index < -0.39 is 0 Å². The maximum absolute atomic E-state index is 6.46. The number of fused-ring (bicyclic) bond motifs is 3. The highest BCUT2D eigenvalue weighted by Gasteiger charge is 2.17. The molecular formula is C19H17N3. The summed E-state index contributed by atoms with van der Waals surface area (Å²) in [4.78, 5) is 0. The molecule has 3 heteroatoms. The molecule has 3 nitrogen and oxygen atoms in total. The molecule has 0 bridgehead atoms. The van der Waals surface area contributed by atoms with Gasteiger partial charge in [-0.15, -0.1) is 0 Å². The average Bonchev–Trinajstić information content (AvgIpc) is 2.59. The Hall–Kier alpha value is -2.94. The Labute approximate surface area is 129 Å². The fourth-order valence-corrected chi connectivity index (χ4v) is 2.98. The Morgan fingerprint density at radius 3 is 2.45 bits per heavy atom. The van der Waals surface area contributed by atoms with Gasteiger partial charge in [0.25, 0.3) is 0 Å². The van der Waals surface area contributed by atoms with Crippen LogP contribution in [0.15, 0.2) is 60.7 Å². The molecule has 0 aromatic heterocycles. The summed E-state index contributed by atoms with van der Waals surface area (Å²) in [6, 6.07) is 18.5. The third-order valence-electron chi connectivity index (χ3n) is 4.02. The third-order valence-corrected chi connectivity index (χ3v) is 4.02. The van der Waals surface area contributed by atoms with Crippen LogP contribution in [0.4, 0.5) is 22.7 Å². The summed E-state index contributed by atoms with van der Waals surface area (Å²) in [5.41, 5.74) is 11.4. The van der Waals surface area contributed by atoms with Gasteiger partial charge >= 0.3 is 0 Å². The van der Waals surface area contributed by atoms with Gasteiger partial charge in [-0.25, -0.2) is 0 Å². The van der Waals surface area contributed by atoms with Crippen LogP contribution in [-0.2, 0) is 0 Å². The standard InChI is InChI=1S/C19H17N3/c20-17-16-11-6-12-21-18(16)14-9-4-5-10-15(14)19(17)22-13-7-2-1-3-8-13/h1-11,21-22H,12,20H2. The summed E-state index contributed by atoms with van der Waals surface area (Å²) in [7, 11) is 0. The molecule has 0 unspecified atom stereocenters. The van der Waals surface area contributed by atoms with Gasteiger partial charge in [-0.2, -0.15) is 0 Å². The Morgan fingerprint density at radius 1 is 0.909 bits per heavy atom. The van der Waals surface area contributed by atoms with Crippen LogP contribution in [0.2, 0.25) is 0 Å². The molecule has 1 heterocycles. The molecule has 22 heavy (non-hydrogen) atoms. The van der Waals surface area contributed by atoms with Crippen molar-refractivity contribution in [1.82, 2.24) is 0 Å². The minimum atomic E-state index is 0.779. The van der Waals surface area contributed by atoms with Crippen LogP contribution in [0, 0.1) is 0 Å². The van der Waals surface area contributed by atoms with Crippen molar-refractivity contribution in [1.29, 1.82) is 0 Å². The number of rotatable bonds is 2. The van der Waals surface area contributed by atoms with Gasteiger partial charge in [0.15, 0.2) is 0 Å². The molecule has 3 aromatic carbocycles. The first-order valence-corrected chi connectivity index (χ1v) is 7.41. The maximum atomic E-state index is 6.46. The summed E-state index contributed by atoms with van der Waals surface area (Å²) in [5, 5.41) is 9.24. The second kappa shape index (κ2) is 5.11. The minimum Gasteiger partial charge on any atom is -0.396 e. The zero-order valence-corrected chi connectivity index (χ0v) is 12.1. The molecule has 4 rings (SSSR count). The van der Waals surface area contributed by atoms with Gasteiger partial charge < -0.3 is 16.4 Å². The van der Waals surface area contributed by atoms with E-state index in [1.54, 1.807) is 0 Å². The van der Waals surface area contributed by atoms with Gasteiger partial charge in [0.2, 0.25) is 0 Å². The molecule has 0 aliphatic carbocycles. The summed E-state index contributed by atoms with van der Waals surface area (Å²) >= 11 is 0. The lowest BCUT2D eigenvalue weighted by molar-refractivity contribution is 1.33. The van der Waals surface area contributed by atoms with Gasteiger partial charge in [0, 0.05) is 28.6 Å². The number of benzene rings is 3. The van der Waals surface area contributed by atoms with Gasteiger partial charge in [-0.1, -0.05) is 54.6 Å². The van der Waals surface area contributed by atoms with Crippen LogP contribution < -0.4 is 16.4 Å². The summed E-state index contributed by atoms with van der Waals surface area (Å²) < 4.78 is 0. The van der Waals surface area contributed by atoms with E-state index >= 15 is 0 Å². The zero-order chi connectivity index (χ0) is 14.9. The van der Waals surface area contributed by atoms with E-state index in [0.717, 1.165) is 40.2 Å². The Kier molecular flexibility index (Phi) is 2.97. The Balaban J connectivity index is 1.98. The monoisotopic (exact) mass is 287 g/mol. The number of nitrogens with two attached hydrogens (primary N) is 1. The number of nitrogens with one attached hydrogen (secondary N) is 2. The third kappa shape index (κ3) is 1.99. The first kappa shape index (κ1) is 12.8. The maximum Gasteiger partial charge on any atom is 0.0705 e. The number of para-hydroxylation sites is 1. The molecule has 0 saturated heterocycles. The van der Waals surface area contributed by atoms with E-state index in [0.29, 0.717) is 0 Å². The van der Waals surface area contributed by atoms with Gasteiger partial charge in [-0.05, 0) is 12.1 Å². The van der Waals surface area contributed by atoms with Crippen molar-refractivity contribution in [2.75, 3.05) is 22.9 Å². The normalized spacial score (nSPS) is 12.7. The summed E-state index contributed by atoms with van der Waals surface area (Å²) in [6.07, 6.45) is 4.20. The van der Waals surface area contributed by atoms with E-state index in [4.69, 9.17) is 5.73 Å². The van der Waals surface area contributed by atoms with Crippen LogP contribution in [0.1, 0.15) is 5.56 Å². The number of anilines is 4. The molecule has 0 saturated carbocycles. The summed E-state index contributed by atoms with van der Waals surface area (Å²) in [5.74, 6) is 0. The van der Waals surface area contributed by atoms with Crippen molar-refractivity contribution in [3.8, 4) is 0 Å². The SMILES string of the molecule is Nc1c2c(c3ccccc3c1Nc1ccccc1)NCC=C2. The van der Waals surface area contributed by atoms with Crippen molar-refractivity contribution >= 4 is 39.6 Å². The smallest absolute Gasteiger partial charge is 0.0705 e. The van der Waals surface area contributed by atoms with E-state index in [-0.39, 0.29) is 0 Å². The van der Waals surface area contributed by atoms with Crippen molar-refractivity contribution in [2.24, 2.45) is 0 Å². The van der Waals surface area contributed by atoms with E-state index in [1.807, 2.05) is 36.4 Å². The van der Waals surface area contributed by atoms with Crippen molar-refractivity contribution in [3.05, 3.63) is 66.2 Å². The quantitative estimate of drug-likeness (QED) is 0.477. The van der Waals surface area contributed by atoms with Crippen molar-refractivity contribution in [3.63, 3.8) is 0 Å². The molecular weight excluding hydrogens is 270 g/mol. The highest BCUT2D eigenvalue weighted by molar-refractivity contribution is 6.12. The largest absolute Gasteiger partial charge is 0.396 e. The van der Waals surface area contributed by atoms with Crippen LogP contribution in [0.5, 0.6) is 0 Å². The van der Waals surface area contributed by atoms with Crippen LogP contribution in [0.25, 0.3) is 16.8 Å². The molecule has 0 atom stereocenters. The lowest BCUT2D eigenvalue weighted by atomic mass is 9.97. The number of nitrogen functional groups attached to an aromatic ring is 1. The topological polar surface area (TPSA) is 50.1 Å². The second-order valence-corrected chi connectivity index (χ2v) is 5.40. The first-order chi connectivity index (χ1) is 10.8. The van der Waals surface area contributed by atoms with Crippen molar-refractivity contribution < 1.29 is 0 Å². The Bertz CT molecular complexity index is 867. The molecule has 0 radical (unpaired) electrons. The fourth-order valence-electron chi connectivity index (χ4n) is 2.98.